The first kappa shape index (κ1) is 25.2. The average molecular weight is 412 g/mol. The van der Waals surface area contributed by atoms with Crippen LogP contribution in [0.4, 0.5) is 4.79 Å². The Labute approximate surface area is 174 Å². The van der Waals surface area contributed by atoms with Gasteiger partial charge in [-0.05, 0) is 40.0 Å². The molecule has 0 aromatic rings. The van der Waals surface area contributed by atoms with Crippen LogP contribution in [-0.4, -0.2) is 36.6 Å². The van der Waals surface area contributed by atoms with E-state index >= 15 is 0 Å². The summed E-state index contributed by atoms with van der Waals surface area (Å²) >= 11 is 0. The summed E-state index contributed by atoms with van der Waals surface area (Å²) in [6.45, 7) is 21.9. The molecule has 2 amide bonds. The lowest BCUT2D eigenvalue weighted by molar-refractivity contribution is -0.131. The molecule has 0 N–H and O–H groups in total. The van der Waals surface area contributed by atoms with Gasteiger partial charge >= 0.3 is 6.09 Å². The minimum Gasteiger partial charge on any atom is -0.443 e. The molecule has 0 aromatic carbocycles. The van der Waals surface area contributed by atoms with E-state index in [0.29, 0.717) is 0 Å². The van der Waals surface area contributed by atoms with Crippen LogP contribution in [0.2, 0.25) is 22.7 Å². The van der Waals surface area contributed by atoms with Crippen LogP contribution < -0.4 is 0 Å². The number of imide groups is 1. The molecule has 1 fully saturated rings. The zero-order valence-corrected chi connectivity index (χ0v) is 21.1. The van der Waals surface area contributed by atoms with Gasteiger partial charge in [0.15, 0.2) is 0 Å². The van der Waals surface area contributed by atoms with Crippen LogP contribution >= 0.6 is 0 Å². The zero-order valence-electron chi connectivity index (χ0n) is 20.1. The molecule has 0 saturated carbocycles. The molecular weight excluding hydrogens is 366 g/mol. The molecule has 0 spiro atoms. The first-order valence-electron chi connectivity index (χ1n) is 11.3. The quantitative estimate of drug-likeness (QED) is 0.404. The normalized spacial score (nSPS) is 21.3. The maximum atomic E-state index is 13.0. The SMILES string of the molecule is CC[C@H]1C[C@@H](CCC[Si](C(C)C)(C(C)C)C(C)C)C(=O)N1C(=O)OC(C)(C)C. The number of likely N-dealkylation sites (tertiary alicyclic amines) is 1. The maximum Gasteiger partial charge on any atom is 0.417 e. The summed E-state index contributed by atoms with van der Waals surface area (Å²) in [5.41, 5.74) is 1.65. The lowest BCUT2D eigenvalue weighted by atomic mass is 9.99. The molecule has 1 rings (SSSR count). The van der Waals surface area contributed by atoms with E-state index in [1.165, 1.54) is 10.9 Å². The molecule has 1 aliphatic rings. The van der Waals surface area contributed by atoms with Crippen molar-refractivity contribution in [1.82, 2.24) is 4.90 Å². The van der Waals surface area contributed by atoms with E-state index in [1.54, 1.807) is 0 Å². The van der Waals surface area contributed by atoms with Crippen molar-refractivity contribution in [2.24, 2.45) is 5.92 Å². The Kier molecular flexibility index (Phi) is 8.79. The van der Waals surface area contributed by atoms with Gasteiger partial charge in [0.05, 0.1) is 8.07 Å². The average Bonchev–Trinajstić information content (AvgIpc) is 2.84. The molecule has 164 valence electrons. The second-order valence-electron chi connectivity index (χ2n) is 10.7. The molecule has 0 bridgehead atoms. The molecular formula is C23H45NO3Si. The van der Waals surface area contributed by atoms with Crippen LogP contribution in [-0.2, 0) is 9.53 Å². The van der Waals surface area contributed by atoms with Gasteiger partial charge in [0.2, 0.25) is 5.91 Å². The summed E-state index contributed by atoms with van der Waals surface area (Å²) < 4.78 is 5.50. The van der Waals surface area contributed by atoms with Crippen LogP contribution in [0.5, 0.6) is 0 Å². The topological polar surface area (TPSA) is 46.6 Å². The van der Waals surface area contributed by atoms with Gasteiger partial charge in [-0.1, -0.05) is 77.6 Å². The third-order valence-corrected chi connectivity index (χ3v) is 14.6. The molecule has 0 unspecified atom stereocenters. The Bertz CT molecular complexity index is 515. The number of carbonyl (C=O) groups is 2. The van der Waals surface area contributed by atoms with Gasteiger partial charge in [0.1, 0.15) is 5.60 Å². The second kappa shape index (κ2) is 9.77. The number of ether oxygens (including phenoxy) is 1. The molecule has 1 aliphatic heterocycles. The van der Waals surface area contributed by atoms with Gasteiger partial charge in [0, 0.05) is 12.0 Å². The van der Waals surface area contributed by atoms with E-state index in [2.05, 4.69) is 41.5 Å². The second-order valence-corrected chi connectivity index (χ2v) is 16.8. The first-order chi connectivity index (χ1) is 12.8. The van der Waals surface area contributed by atoms with Gasteiger partial charge in [-0.3, -0.25) is 4.79 Å². The Balaban J connectivity index is 2.83. The Hall–Kier alpha value is -0.843. The Morgan fingerprint density at radius 2 is 1.61 bits per heavy atom. The molecule has 1 heterocycles. The van der Waals surface area contributed by atoms with Gasteiger partial charge in [0.25, 0.3) is 0 Å². The largest absolute Gasteiger partial charge is 0.443 e. The molecule has 0 radical (unpaired) electrons. The highest BCUT2D eigenvalue weighted by atomic mass is 28.3. The molecule has 4 nitrogen and oxygen atoms in total. The Morgan fingerprint density at radius 1 is 1.11 bits per heavy atom. The van der Waals surface area contributed by atoms with Crippen LogP contribution in [0.3, 0.4) is 0 Å². The van der Waals surface area contributed by atoms with Gasteiger partial charge in [-0.15, -0.1) is 0 Å². The van der Waals surface area contributed by atoms with Crippen molar-refractivity contribution in [1.29, 1.82) is 0 Å². The van der Waals surface area contributed by atoms with Crippen LogP contribution in [0.25, 0.3) is 0 Å². The standard InChI is InChI=1S/C23H45NO3Si/c1-11-20-15-19(21(25)24(20)22(26)27-23(8,9)10)13-12-14-28(16(2)3,17(4)5)18(6)7/h16-20H,11-15H2,1-10H3/t19-,20+/m1/s1. The molecule has 0 aliphatic carbocycles. The van der Waals surface area contributed by atoms with Crippen LogP contribution in [0.15, 0.2) is 0 Å². The number of nitrogens with zero attached hydrogens (tertiary/aromatic N) is 1. The summed E-state index contributed by atoms with van der Waals surface area (Å²) in [5, 5.41) is 0. The summed E-state index contributed by atoms with van der Waals surface area (Å²) in [6, 6.07) is 1.25. The third-order valence-electron chi connectivity index (χ3n) is 6.96. The van der Waals surface area contributed by atoms with E-state index in [1.807, 2.05) is 27.7 Å². The van der Waals surface area contributed by atoms with E-state index in [-0.39, 0.29) is 17.9 Å². The fraction of sp³-hybridized carbons (Fsp3) is 0.913. The lowest BCUT2D eigenvalue weighted by Gasteiger charge is -2.43. The van der Waals surface area contributed by atoms with Gasteiger partial charge < -0.3 is 4.74 Å². The Morgan fingerprint density at radius 3 is 2.00 bits per heavy atom. The third kappa shape index (κ3) is 5.61. The van der Waals surface area contributed by atoms with Gasteiger partial charge in [-0.25, -0.2) is 9.69 Å². The number of hydrogen-bond donors (Lipinski definition) is 0. The smallest absolute Gasteiger partial charge is 0.417 e. The molecule has 2 atom stereocenters. The number of amides is 2. The lowest BCUT2D eigenvalue weighted by Crippen LogP contribution is -2.44. The van der Waals surface area contributed by atoms with Crippen molar-refractivity contribution in [2.75, 3.05) is 0 Å². The predicted molar refractivity (Wildman–Crippen MR) is 120 cm³/mol. The van der Waals surface area contributed by atoms with E-state index in [9.17, 15) is 9.59 Å². The highest BCUT2D eigenvalue weighted by Gasteiger charge is 2.45. The predicted octanol–water partition coefficient (Wildman–Crippen LogP) is 7.01. The maximum absolute atomic E-state index is 13.0. The van der Waals surface area contributed by atoms with Crippen molar-refractivity contribution < 1.29 is 14.3 Å². The fourth-order valence-corrected chi connectivity index (χ4v) is 12.1. The summed E-state index contributed by atoms with van der Waals surface area (Å²) in [4.78, 5) is 27.0. The minimum atomic E-state index is -1.43. The first-order valence-corrected chi connectivity index (χ1v) is 13.8. The number of rotatable bonds is 8. The van der Waals surface area contributed by atoms with Crippen molar-refractivity contribution in [3.8, 4) is 0 Å². The van der Waals surface area contributed by atoms with Crippen molar-refractivity contribution in [3.05, 3.63) is 0 Å². The van der Waals surface area contributed by atoms with Gasteiger partial charge in [-0.2, -0.15) is 0 Å². The monoisotopic (exact) mass is 411 g/mol. The summed E-state index contributed by atoms with van der Waals surface area (Å²) in [5.74, 6) is -0.0531. The molecule has 5 heteroatoms. The number of hydrogen-bond acceptors (Lipinski definition) is 3. The van der Waals surface area contributed by atoms with Crippen molar-refractivity contribution >= 4 is 20.1 Å². The van der Waals surface area contributed by atoms with Crippen LogP contribution in [0.1, 0.15) is 94.9 Å². The molecule has 0 aromatic heterocycles. The van der Waals surface area contributed by atoms with Crippen molar-refractivity contribution in [3.63, 3.8) is 0 Å². The van der Waals surface area contributed by atoms with Crippen molar-refractivity contribution in [2.45, 2.75) is 129 Å². The zero-order chi connectivity index (χ0) is 21.9. The fourth-order valence-electron chi connectivity index (χ4n) is 5.57. The highest BCUT2D eigenvalue weighted by Crippen LogP contribution is 2.46. The molecule has 1 saturated heterocycles. The van der Waals surface area contributed by atoms with E-state index in [0.717, 1.165) is 42.3 Å². The highest BCUT2D eigenvalue weighted by molar-refractivity contribution is 6.83. The van der Waals surface area contributed by atoms with E-state index in [4.69, 9.17) is 4.74 Å². The number of carbonyl (C=O) groups excluding carboxylic acids is 2. The van der Waals surface area contributed by atoms with Crippen LogP contribution in [0, 0.1) is 5.92 Å². The molecule has 28 heavy (non-hydrogen) atoms. The summed E-state index contributed by atoms with van der Waals surface area (Å²) in [7, 11) is -1.43. The minimum absolute atomic E-state index is 0.0188. The van der Waals surface area contributed by atoms with E-state index < -0.39 is 19.8 Å². The summed E-state index contributed by atoms with van der Waals surface area (Å²) in [6.07, 6.45) is 3.10.